The lowest BCUT2D eigenvalue weighted by Gasteiger charge is -2.06. The van der Waals surface area contributed by atoms with Gasteiger partial charge in [-0.1, -0.05) is 33.8 Å². The minimum atomic E-state index is -0.212. The highest BCUT2D eigenvalue weighted by molar-refractivity contribution is 6.49. The Bertz CT molecular complexity index is 454. The third-order valence-electron chi connectivity index (χ3n) is 3.06. The molecule has 1 aliphatic rings. The van der Waals surface area contributed by atoms with Gasteiger partial charge in [0.2, 0.25) is 0 Å². The molecule has 1 heterocycles. The Labute approximate surface area is 109 Å². The highest BCUT2D eigenvalue weighted by atomic mass is 16.6. The van der Waals surface area contributed by atoms with Gasteiger partial charge in [0.15, 0.2) is 0 Å². The fraction of sp³-hybridized carbons (Fsp3) is 0.500. The fourth-order valence-corrected chi connectivity index (χ4v) is 1.80. The average Bonchev–Trinajstić information content (AvgIpc) is 2.71. The van der Waals surface area contributed by atoms with Crippen LogP contribution in [0.1, 0.15) is 33.3 Å². The highest BCUT2D eigenvalue weighted by Crippen LogP contribution is 2.36. The van der Waals surface area contributed by atoms with E-state index in [0.717, 1.165) is 17.1 Å². The van der Waals surface area contributed by atoms with Gasteiger partial charge in [0.25, 0.3) is 0 Å². The van der Waals surface area contributed by atoms with E-state index in [1.807, 2.05) is 32.0 Å². The zero-order valence-corrected chi connectivity index (χ0v) is 11.4. The van der Waals surface area contributed by atoms with Crippen LogP contribution in [0.15, 0.2) is 18.2 Å². The summed E-state index contributed by atoms with van der Waals surface area (Å²) in [7, 11) is -0.212. The summed E-state index contributed by atoms with van der Waals surface area (Å²) in [6.07, 6.45) is 0.459. The summed E-state index contributed by atoms with van der Waals surface area (Å²) in [4.78, 5) is 11.7. The van der Waals surface area contributed by atoms with Crippen molar-refractivity contribution in [1.29, 1.82) is 0 Å². The summed E-state index contributed by atoms with van der Waals surface area (Å²) >= 11 is 0. The monoisotopic (exact) mass is 246 g/mol. The molecule has 96 valence electrons. The lowest BCUT2D eigenvalue weighted by molar-refractivity contribution is -0.121. The lowest BCUT2D eigenvalue weighted by atomic mass is 9.75. The topological polar surface area (TPSA) is 35.5 Å². The molecular formula is C14H19BO3. The minimum absolute atomic E-state index is 0.0684. The molecule has 4 heteroatoms. The van der Waals surface area contributed by atoms with Crippen LogP contribution in [0.3, 0.4) is 0 Å². The van der Waals surface area contributed by atoms with E-state index in [2.05, 4.69) is 13.8 Å². The van der Waals surface area contributed by atoms with Crippen molar-refractivity contribution in [2.24, 2.45) is 5.92 Å². The zero-order valence-electron chi connectivity index (χ0n) is 11.4. The first-order valence-electron chi connectivity index (χ1n) is 6.46. The van der Waals surface area contributed by atoms with Crippen LogP contribution in [-0.2, 0) is 11.2 Å². The van der Waals surface area contributed by atoms with Gasteiger partial charge >= 0.3 is 7.12 Å². The Morgan fingerprint density at radius 1 is 1.17 bits per heavy atom. The minimum Gasteiger partial charge on any atom is -0.523 e. The number of hydrogen-bond donors (Lipinski definition) is 0. The Morgan fingerprint density at radius 3 is 2.44 bits per heavy atom. The van der Waals surface area contributed by atoms with Crippen molar-refractivity contribution in [1.82, 2.24) is 0 Å². The molecule has 18 heavy (non-hydrogen) atoms. The molecule has 0 unspecified atom stereocenters. The number of carbonyl (C=O) groups is 1. The van der Waals surface area contributed by atoms with E-state index in [-0.39, 0.29) is 18.8 Å². The van der Waals surface area contributed by atoms with Gasteiger partial charge in [-0.25, -0.2) is 0 Å². The van der Waals surface area contributed by atoms with E-state index in [0.29, 0.717) is 12.2 Å². The van der Waals surface area contributed by atoms with Crippen molar-refractivity contribution < 1.29 is 14.1 Å². The number of benzene rings is 1. The quantitative estimate of drug-likeness (QED) is 0.765. The molecule has 0 saturated heterocycles. The molecule has 1 aromatic carbocycles. The normalized spacial score (nSPS) is 13.6. The summed E-state index contributed by atoms with van der Waals surface area (Å²) in [5.41, 5.74) is 0.987. The van der Waals surface area contributed by atoms with Gasteiger partial charge in [-0.3, -0.25) is 4.79 Å². The molecule has 0 N–H and O–H groups in total. The van der Waals surface area contributed by atoms with E-state index in [4.69, 9.17) is 9.31 Å². The molecule has 0 aliphatic carbocycles. The largest absolute Gasteiger partial charge is 0.597 e. The molecule has 2 rings (SSSR count). The third kappa shape index (κ3) is 2.69. The first kappa shape index (κ1) is 13.0. The second-order valence-electron chi connectivity index (χ2n) is 5.43. The second-order valence-corrected chi connectivity index (χ2v) is 5.43. The molecule has 0 spiro atoms. The Morgan fingerprint density at radius 2 is 1.83 bits per heavy atom. The van der Waals surface area contributed by atoms with Crippen LogP contribution in [0.5, 0.6) is 11.5 Å². The van der Waals surface area contributed by atoms with E-state index in [1.165, 1.54) is 0 Å². The maximum Gasteiger partial charge on any atom is 0.597 e. The molecule has 0 radical (unpaired) electrons. The van der Waals surface area contributed by atoms with Gasteiger partial charge < -0.3 is 9.31 Å². The lowest BCUT2D eigenvalue weighted by Crippen LogP contribution is -2.27. The van der Waals surface area contributed by atoms with Crippen LogP contribution in [0.25, 0.3) is 0 Å². The van der Waals surface area contributed by atoms with Crippen molar-refractivity contribution in [2.45, 2.75) is 39.9 Å². The van der Waals surface area contributed by atoms with Crippen molar-refractivity contribution in [3.8, 4) is 11.5 Å². The van der Waals surface area contributed by atoms with Gasteiger partial charge in [0.1, 0.15) is 17.3 Å². The molecular weight excluding hydrogens is 227 g/mol. The predicted molar refractivity (Wildman–Crippen MR) is 72.1 cm³/mol. The summed E-state index contributed by atoms with van der Waals surface area (Å²) in [6.45, 7) is 7.95. The van der Waals surface area contributed by atoms with Crippen LogP contribution < -0.4 is 9.31 Å². The number of ketones is 1. The molecule has 0 atom stereocenters. The van der Waals surface area contributed by atoms with Crippen molar-refractivity contribution >= 4 is 12.9 Å². The molecule has 0 amide bonds. The SMILES string of the molecule is CC(C)B1Oc2ccc(CC(=O)C(C)C)cc2O1. The van der Waals surface area contributed by atoms with E-state index >= 15 is 0 Å². The number of hydrogen-bond acceptors (Lipinski definition) is 3. The summed E-state index contributed by atoms with van der Waals surface area (Å²) in [5.74, 6) is 2.14. The Kier molecular flexibility index (Phi) is 3.64. The maximum absolute atomic E-state index is 11.7. The van der Waals surface area contributed by atoms with Crippen LogP contribution in [0.4, 0.5) is 0 Å². The highest BCUT2D eigenvalue weighted by Gasteiger charge is 2.35. The average molecular weight is 246 g/mol. The first-order valence-corrected chi connectivity index (χ1v) is 6.46. The van der Waals surface area contributed by atoms with Gasteiger partial charge in [0.05, 0.1) is 0 Å². The maximum atomic E-state index is 11.7. The van der Waals surface area contributed by atoms with Gasteiger partial charge in [-0.15, -0.1) is 0 Å². The van der Waals surface area contributed by atoms with Gasteiger partial charge in [-0.2, -0.15) is 0 Å². The smallest absolute Gasteiger partial charge is 0.523 e. The van der Waals surface area contributed by atoms with Crippen molar-refractivity contribution in [3.63, 3.8) is 0 Å². The number of carbonyl (C=O) groups excluding carboxylic acids is 1. The molecule has 0 aromatic heterocycles. The molecule has 0 bridgehead atoms. The molecule has 0 saturated carbocycles. The summed E-state index contributed by atoms with van der Waals surface area (Å²) < 4.78 is 11.4. The van der Waals surface area contributed by atoms with Crippen molar-refractivity contribution in [3.05, 3.63) is 23.8 Å². The van der Waals surface area contributed by atoms with E-state index in [9.17, 15) is 4.79 Å². The fourth-order valence-electron chi connectivity index (χ4n) is 1.80. The number of rotatable bonds is 4. The zero-order chi connectivity index (χ0) is 13.3. The van der Waals surface area contributed by atoms with E-state index in [1.54, 1.807) is 0 Å². The molecule has 1 aliphatic heterocycles. The van der Waals surface area contributed by atoms with Crippen molar-refractivity contribution in [2.75, 3.05) is 0 Å². The Hall–Kier alpha value is -1.45. The van der Waals surface area contributed by atoms with Crippen LogP contribution in [0.2, 0.25) is 5.82 Å². The summed E-state index contributed by atoms with van der Waals surface area (Å²) in [5, 5.41) is 0. The predicted octanol–water partition coefficient (Wildman–Crippen LogP) is 3.12. The number of fused-ring (bicyclic) bond motifs is 1. The van der Waals surface area contributed by atoms with Crippen LogP contribution >= 0.6 is 0 Å². The van der Waals surface area contributed by atoms with Gasteiger partial charge in [-0.05, 0) is 17.7 Å². The van der Waals surface area contributed by atoms with Gasteiger partial charge in [0, 0.05) is 18.2 Å². The third-order valence-corrected chi connectivity index (χ3v) is 3.06. The summed E-state index contributed by atoms with van der Waals surface area (Å²) in [6, 6.07) is 5.74. The van der Waals surface area contributed by atoms with Crippen LogP contribution in [0, 0.1) is 5.92 Å². The first-order chi connectivity index (χ1) is 8.47. The molecule has 0 fully saturated rings. The molecule has 3 nitrogen and oxygen atoms in total. The van der Waals surface area contributed by atoms with Crippen LogP contribution in [-0.4, -0.2) is 12.9 Å². The number of Topliss-reactive ketones (excluding diaryl/α,β-unsaturated/α-hetero) is 1. The second kappa shape index (κ2) is 5.05. The molecule has 1 aromatic rings. The van der Waals surface area contributed by atoms with E-state index < -0.39 is 0 Å². The Balaban J connectivity index is 2.11. The standard InChI is InChI=1S/C14H19BO3/c1-9(2)12(16)7-11-5-6-13-14(8-11)18-15(17-13)10(3)4/h5-6,8-10H,7H2,1-4H3.